The summed E-state index contributed by atoms with van der Waals surface area (Å²) < 4.78 is 0. The van der Waals surface area contributed by atoms with Gasteiger partial charge in [-0.25, -0.2) is 0 Å². The molecule has 0 fully saturated rings. The van der Waals surface area contributed by atoms with E-state index in [-0.39, 0.29) is 5.91 Å². The van der Waals surface area contributed by atoms with Crippen molar-refractivity contribution >= 4 is 5.91 Å². The maximum atomic E-state index is 11.9. The Kier molecular flexibility index (Phi) is 7.03. The van der Waals surface area contributed by atoms with E-state index < -0.39 is 0 Å². The molecule has 1 heterocycles. The Bertz CT molecular complexity index is 340. The van der Waals surface area contributed by atoms with Gasteiger partial charge in [-0.2, -0.15) is 0 Å². The summed E-state index contributed by atoms with van der Waals surface area (Å²) in [6, 6.07) is 3.87. The van der Waals surface area contributed by atoms with Crippen LogP contribution in [0.25, 0.3) is 0 Å². The predicted octanol–water partition coefficient (Wildman–Crippen LogP) is 1.95. The average molecular weight is 249 g/mol. The highest BCUT2D eigenvalue weighted by molar-refractivity contribution is 5.75. The molecule has 1 aromatic rings. The largest absolute Gasteiger partial charge is 0.341 e. The van der Waals surface area contributed by atoms with Crippen molar-refractivity contribution in [3.8, 4) is 0 Å². The molecule has 0 aliphatic carbocycles. The molecular formula is C14H23N3O. The molecule has 1 aromatic heterocycles. The van der Waals surface area contributed by atoms with Crippen molar-refractivity contribution in [1.82, 2.24) is 9.88 Å². The summed E-state index contributed by atoms with van der Waals surface area (Å²) in [5.41, 5.74) is 6.49. The van der Waals surface area contributed by atoms with Gasteiger partial charge in [0.25, 0.3) is 0 Å². The number of unbranched alkanes of at least 4 members (excludes halogenated alkanes) is 3. The Labute approximate surface area is 109 Å². The number of hydrogen-bond donors (Lipinski definition) is 1. The Balaban J connectivity index is 2.21. The SMILES string of the molecule is CN(Cc1cccnc1)C(=O)CCCCCCN. The third-order valence-corrected chi connectivity index (χ3v) is 2.91. The summed E-state index contributed by atoms with van der Waals surface area (Å²) in [5.74, 6) is 0.201. The van der Waals surface area contributed by atoms with E-state index in [1.165, 1.54) is 0 Å². The van der Waals surface area contributed by atoms with Crippen LogP contribution in [0.4, 0.5) is 0 Å². The molecule has 0 aliphatic rings. The fourth-order valence-electron chi connectivity index (χ4n) is 1.82. The van der Waals surface area contributed by atoms with Gasteiger partial charge in [-0.3, -0.25) is 9.78 Å². The molecule has 2 N–H and O–H groups in total. The van der Waals surface area contributed by atoms with Gasteiger partial charge in [0.1, 0.15) is 0 Å². The lowest BCUT2D eigenvalue weighted by molar-refractivity contribution is -0.130. The number of carbonyl (C=O) groups is 1. The summed E-state index contributed by atoms with van der Waals surface area (Å²) in [6.07, 6.45) is 8.38. The molecule has 0 spiro atoms. The van der Waals surface area contributed by atoms with Gasteiger partial charge >= 0.3 is 0 Å². The number of nitrogens with two attached hydrogens (primary N) is 1. The Morgan fingerprint density at radius 2 is 2.11 bits per heavy atom. The fraction of sp³-hybridized carbons (Fsp3) is 0.571. The Morgan fingerprint density at radius 3 is 2.78 bits per heavy atom. The van der Waals surface area contributed by atoms with Gasteiger partial charge in [-0.15, -0.1) is 0 Å². The second-order valence-electron chi connectivity index (χ2n) is 4.56. The highest BCUT2D eigenvalue weighted by Gasteiger charge is 2.08. The lowest BCUT2D eigenvalue weighted by Gasteiger charge is -2.16. The highest BCUT2D eigenvalue weighted by Crippen LogP contribution is 2.07. The van der Waals surface area contributed by atoms with Crippen molar-refractivity contribution < 1.29 is 4.79 Å². The first-order valence-corrected chi connectivity index (χ1v) is 6.57. The van der Waals surface area contributed by atoms with Crippen LogP contribution in [0.2, 0.25) is 0 Å². The van der Waals surface area contributed by atoms with Crippen molar-refractivity contribution in [3.63, 3.8) is 0 Å². The van der Waals surface area contributed by atoms with Crippen molar-refractivity contribution in [1.29, 1.82) is 0 Å². The number of nitrogens with zero attached hydrogens (tertiary/aromatic N) is 2. The van der Waals surface area contributed by atoms with Crippen LogP contribution in [-0.4, -0.2) is 29.4 Å². The van der Waals surface area contributed by atoms with Crippen molar-refractivity contribution in [2.75, 3.05) is 13.6 Å². The summed E-state index contributed by atoms with van der Waals surface area (Å²) in [7, 11) is 1.84. The lowest BCUT2D eigenvalue weighted by Crippen LogP contribution is -2.25. The van der Waals surface area contributed by atoms with Gasteiger partial charge in [0.05, 0.1) is 0 Å². The predicted molar refractivity (Wildman–Crippen MR) is 72.9 cm³/mol. The standard InChI is InChI=1S/C14H23N3O/c1-17(12-13-7-6-10-16-11-13)14(18)8-4-2-3-5-9-15/h6-7,10-11H,2-5,8-9,12,15H2,1H3. The molecule has 4 heteroatoms. The van der Waals surface area contributed by atoms with Crippen LogP contribution in [0.5, 0.6) is 0 Å². The van der Waals surface area contributed by atoms with Crippen LogP contribution in [0.3, 0.4) is 0 Å². The number of rotatable bonds is 8. The van der Waals surface area contributed by atoms with E-state index in [9.17, 15) is 4.79 Å². The first-order chi connectivity index (χ1) is 8.74. The summed E-state index contributed by atoms with van der Waals surface area (Å²) in [5, 5.41) is 0. The number of carbonyl (C=O) groups excluding carboxylic acids is 1. The number of aromatic nitrogens is 1. The van der Waals surface area contributed by atoms with E-state index in [4.69, 9.17) is 5.73 Å². The molecular weight excluding hydrogens is 226 g/mol. The maximum absolute atomic E-state index is 11.9. The number of pyridine rings is 1. The monoisotopic (exact) mass is 249 g/mol. The molecule has 18 heavy (non-hydrogen) atoms. The van der Waals surface area contributed by atoms with E-state index in [0.29, 0.717) is 13.0 Å². The summed E-state index contributed by atoms with van der Waals surface area (Å²) >= 11 is 0. The average Bonchev–Trinajstić information content (AvgIpc) is 2.39. The van der Waals surface area contributed by atoms with E-state index in [0.717, 1.165) is 37.8 Å². The molecule has 0 unspecified atom stereocenters. The quantitative estimate of drug-likeness (QED) is 0.716. The number of amides is 1. The summed E-state index contributed by atoms with van der Waals surface area (Å²) in [4.78, 5) is 17.7. The molecule has 0 saturated carbocycles. The minimum Gasteiger partial charge on any atom is -0.341 e. The highest BCUT2D eigenvalue weighted by atomic mass is 16.2. The van der Waals surface area contributed by atoms with Crippen LogP contribution < -0.4 is 5.73 Å². The number of hydrogen-bond acceptors (Lipinski definition) is 3. The molecule has 0 aromatic carbocycles. The van der Waals surface area contributed by atoms with E-state index >= 15 is 0 Å². The van der Waals surface area contributed by atoms with Crippen molar-refractivity contribution in [3.05, 3.63) is 30.1 Å². The van der Waals surface area contributed by atoms with Crippen LogP contribution in [0.1, 0.15) is 37.7 Å². The van der Waals surface area contributed by atoms with Gasteiger partial charge in [-0.05, 0) is 31.0 Å². The van der Waals surface area contributed by atoms with E-state index in [2.05, 4.69) is 4.98 Å². The zero-order chi connectivity index (χ0) is 13.2. The Morgan fingerprint density at radius 1 is 1.33 bits per heavy atom. The zero-order valence-corrected chi connectivity index (χ0v) is 11.1. The summed E-state index contributed by atoms with van der Waals surface area (Å²) in [6.45, 7) is 1.38. The van der Waals surface area contributed by atoms with Crippen molar-refractivity contribution in [2.24, 2.45) is 5.73 Å². The molecule has 1 amide bonds. The van der Waals surface area contributed by atoms with E-state index in [1.54, 1.807) is 17.3 Å². The molecule has 1 rings (SSSR count). The fourth-order valence-corrected chi connectivity index (χ4v) is 1.82. The van der Waals surface area contributed by atoms with Crippen LogP contribution >= 0.6 is 0 Å². The molecule has 0 radical (unpaired) electrons. The first kappa shape index (κ1) is 14.6. The molecule has 0 atom stereocenters. The van der Waals surface area contributed by atoms with E-state index in [1.807, 2.05) is 19.2 Å². The van der Waals surface area contributed by atoms with Gasteiger partial charge in [0.2, 0.25) is 5.91 Å². The lowest BCUT2D eigenvalue weighted by atomic mass is 10.1. The molecule has 4 nitrogen and oxygen atoms in total. The minimum atomic E-state index is 0.201. The van der Waals surface area contributed by atoms with Crippen molar-refractivity contribution in [2.45, 2.75) is 38.6 Å². The third-order valence-electron chi connectivity index (χ3n) is 2.91. The van der Waals surface area contributed by atoms with Gasteiger partial charge in [0, 0.05) is 32.4 Å². The van der Waals surface area contributed by atoms with Crippen LogP contribution in [-0.2, 0) is 11.3 Å². The Hall–Kier alpha value is -1.42. The van der Waals surface area contributed by atoms with Gasteiger partial charge < -0.3 is 10.6 Å². The molecule has 100 valence electrons. The van der Waals surface area contributed by atoms with Crippen LogP contribution in [0.15, 0.2) is 24.5 Å². The van der Waals surface area contributed by atoms with Crippen LogP contribution in [0, 0.1) is 0 Å². The normalized spacial score (nSPS) is 10.3. The third kappa shape index (κ3) is 5.77. The topological polar surface area (TPSA) is 59.2 Å². The zero-order valence-electron chi connectivity index (χ0n) is 11.1. The maximum Gasteiger partial charge on any atom is 0.222 e. The molecule has 0 aliphatic heterocycles. The second kappa shape index (κ2) is 8.64. The van der Waals surface area contributed by atoms with Gasteiger partial charge in [-0.1, -0.05) is 18.9 Å². The molecule has 0 bridgehead atoms. The first-order valence-electron chi connectivity index (χ1n) is 6.57. The van der Waals surface area contributed by atoms with Gasteiger partial charge in [0.15, 0.2) is 0 Å². The minimum absolute atomic E-state index is 0.201. The second-order valence-corrected chi connectivity index (χ2v) is 4.56. The smallest absolute Gasteiger partial charge is 0.222 e. The molecule has 0 saturated heterocycles.